The first kappa shape index (κ1) is 12.3. The maximum Gasteiger partial charge on any atom is 0.257 e. The number of nitrogens with one attached hydrogen (secondary N) is 1. The third-order valence-corrected chi connectivity index (χ3v) is 3.08. The van der Waals surface area contributed by atoms with Gasteiger partial charge in [-0.05, 0) is 30.3 Å². The number of rotatable bonds is 1. The molecule has 2 aromatic rings. The number of carbonyl (C=O) groups excluding carboxylic acids is 1. The van der Waals surface area contributed by atoms with Crippen molar-refractivity contribution in [2.24, 2.45) is 0 Å². The summed E-state index contributed by atoms with van der Waals surface area (Å²) in [6.45, 7) is 0. The van der Waals surface area contributed by atoms with Gasteiger partial charge in [0.15, 0.2) is 0 Å². The van der Waals surface area contributed by atoms with Gasteiger partial charge in [0.2, 0.25) is 0 Å². The molecule has 0 aromatic heterocycles. The van der Waals surface area contributed by atoms with Crippen LogP contribution >= 0.6 is 0 Å². The molecule has 5 heteroatoms. The van der Waals surface area contributed by atoms with Gasteiger partial charge in [0.1, 0.15) is 12.1 Å². The van der Waals surface area contributed by atoms with Crippen LogP contribution in [0.25, 0.3) is 0 Å². The molecule has 0 spiro atoms. The van der Waals surface area contributed by atoms with E-state index in [1.807, 2.05) is 0 Å². The van der Waals surface area contributed by atoms with Crippen molar-refractivity contribution in [3.05, 3.63) is 66.4 Å². The summed E-state index contributed by atoms with van der Waals surface area (Å²) >= 11 is 0. The van der Waals surface area contributed by atoms with Gasteiger partial charge in [0.25, 0.3) is 5.91 Å². The van der Waals surface area contributed by atoms with E-state index in [9.17, 15) is 13.6 Å². The Bertz CT molecular complexity index is 713. The lowest BCUT2D eigenvalue weighted by Gasteiger charge is -2.21. The molecule has 100 valence electrons. The number of anilines is 3. The summed E-state index contributed by atoms with van der Waals surface area (Å²) in [5.74, 6) is -0.948. The van der Waals surface area contributed by atoms with Gasteiger partial charge in [-0.15, -0.1) is 0 Å². The molecule has 20 heavy (non-hydrogen) atoms. The number of para-hydroxylation sites is 2. The molecule has 0 saturated carbocycles. The number of benzene rings is 2. The number of amides is 1. The molecular weight excluding hydrogens is 262 g/mol. The smallest absolute Gasteiger partial charge is 0.257 e. The Hall–Kier alpha value is -2.69. The molecule has 0 atom stereocenters. The van der Waals surface area contributed by atoms with Crippen LogP contribution in [0, 0.1) is 5.82 Å². The predicted octanol–water partition coefficient (Wildman–Crippen LogP) is 3.97. The number of carbonyl (C=O) groups is 1. The Morgan fingerprint density at radius 2 is 1.90 bits per heavy atom. The normalized spacial score (nSPS) is 13.7. The maximum atomic E-state index is 13.4. The van der Waals surface area contributed by atoms with Gasteiger partial charge in [-0.25, -0.2) is 8.78 Å². The van der Waals surface area contributed by atoms with Gasteiger partial charge in [-0.3, -0.25) is 4.79 Å². The molecule has 0 radical (unpaired) electrons. The van der Waals surface area contributed by atoms with E-state index in [2.05, 4.69) is 5.32 Å². The molecule has 0 unspecified atom stereocenters. The summed E-state index contributed by atoms with van der Waals surface area (Å²) in [6, 6.07) is 10.8. The molecule has 2 aromatic carbocycles. The van der Waals surface area contributed by atoms with E-state index in [-0.39, 0.29) is 5.56 Å². The lowest BCUT2D eigenvalue weighted by atomic mass is 10.1. The van der Waals surface area contributed by atoms with Crippen molar-refractivity contribution in [2.45, 2.75) is 0 Å². The van der Waals surface area contributed by atoms with Gasteiger partial charge in [-0.2, -0.15) is 0 Å². The van der Waals surface area contributed by atoms with E-state index in [1.54, 1.807) is 24.3 Å². The fourth-order valence-electron chi connectivity index (χ4n) is 2.23. The monoisotopic (exact) mass is 272 g/mol. The van der Waals surface area contributed by atoms with Crippen molar-refractivity contribution >= 4 is 23.0 Å². The molecule has 1 N–H and O–H groups in total. The minimum atomic E-state index is -0.519. The number of hydrogen-bond acceptors (Lipinski definition) is 2. The zero-order valence-corrected chi connectivity index (χ0v) is 10.3. The molecular formula is C15H10F2N2O. The summed E-state index contributed by atoms with van der Waals surface area (Å²) in [5, 5.41) is 2.69. The van der Waals surface area contributed by atoms with E-state index in [0.717, 1.165) is 6.07 Å². The number of halogens is 2. The Labute approximate surface area is 114 Å². The lowest BCUT2D eigenvalue weighted by Crippen LogP contribution is -2.12. The summed E-state index contributed by atoms with van der Waals surface area (Å²) < 4.78 is 26.0. The lowest BCUT2D eigenvalue weighted by molar-refractivity contribution is 0.102. The highest BCUT2D eigenvalue weighted by atomic mass is 19.1. The molecule has 0 bridgehead atoms. The molecule has 0 saturated heterocycles. The van der Waals surface area contributed by atoms with E-state index in [4.69, 9.17) is 0 Å². The van der Waals surface area contributed by atoms with Crippen molar-refractivity contribution in [3.63, 3.8) is 0 Å². The quantitative estimate of drug-likeness (QED) is 0.851. The second-order valence-electron chi connectivity index (χ2n) is 4.28. The minimum absolute atomic E-state index is 0.152. The predicted molar refractivity (Wildman–Crippen MR) is 73.2 cm³/mol. The van der Waals surface area contributed by atoms with Crippen molar-refractivity contribution in [1.29, 1.82) is 0 Å². The Kier molecular flexibility index (Phi) is 2.95. The van der Waals surface area contributed by atoms with E-state index >= 15 is 0 Å². The topological polar surface area (TPSA) is 32.3 Å². The highest BCUT2D eigenvalue weighted by Crippen LogP contribution is 2.38. The second kappa shape index (κ2) is 4.77. The summed E-state index contributed by atoms with van der Waals surface area (Å²) in [5.41, 5.74) is 1.72. The van der Waals surface area contributed by atoms with Crippen LogP contribution in [0.2, 0.25) is 0 Å². The SMILES string of the molecule is O=C1Nc2ccccc2N(/C=C\F)c2ccc(F)cc21. The summed E-state index contributed by atoms with van der Waals surface area (Å²) in [4.78, 5) is 13.6. The highest BCUT2D eigenvalue weighted by Gasteiger charge is 2.24. The molecule has 1 heterocycles. The largest absolute Gasteiger partial charge is 0.320 e. The first-order valence-corrected chi connectivity index (χ1v) is 5.97. The van der Waals surface area contributed by atoms with Crippen LogP contribution in [-0.4, -0.2) is 5.91 Å². The fourth-order valence-corrected chi connectivity index (χ4v) is 2.23. The van der Waals surface area contributed by atoms with E-state index in [1.165, 1.54) is 23.2 Å². The molecule has 1 aliphatic heterocycles. The summed E-state index contributed by atoms with van der Waals surface area (Å²) in [7, 11) is 0. The van der Waals surface area contributed by atoms with Crippen LogP contribution in [-0.2, 0) is 0 Å². The third kappa shape index (κ3) is 1.93. The number of hydrogen-bond donors (Lipinski definition) is 1. The molecule has 3 rings (SSSR count). The van der Waals surface area contributed by atoms with Crippen molar-refractivity contribution in [1.82, 2.24) is 0 Å². The van der Waals surface area contributed by atoms with E-state index in [0.29, 0.717) is 23.4 Å². The zero-order valence-electron chi connectivity index (χ0n) is 10.3. The van der Waals surface area contributed by atoms with Gasteiger partial charge < -0.3 is 10.2 Å². The van der Waals surface area contributed by atoms with Crippen LogP contribution < -0.4 is 10.2 Å². The maximum absolute atomic E-state index is 13.4. The molecule has 0 aliphatic carbocycles. The Morgan fingerprint density at radius 1 is 1.10 bits per heavy atom. The first-order chi connectivity index (χ1) is 9.70. The third-order valence-electron chi connectivity index (χ3n) is 3.08. The van der Waals surface area contributed by atoms with Gasteiger partial charge in [-0.1, -0.05) is 12.1 Å². The number of fused-ring (bicyclic) bond motifs is 2. The fraction of sp³-hybridized carbons (Fsp3) is 0. The first-order valence-electron chi connectivity index (χ1n) is 5.97. The summed E-state index contributed by atoms with van der Waals surface area (Å²) in [6.07, 6.45) is 1.57. The molecule has 0 fully saturated rings. The van der Waals surface area contributed by atoms with Gasteiger partial charge >= 0.3 is 0 Å². The zero-order chi connectivity index (χ0) is 14.1. The van der Waals surface area contributed by atoms with E-state index < -0.39 is 11.7 Å². The highest BCUT2D eigenvalue weighted by molar-refractivity contribution is 6.12. The van der Waals surface area contributed by atoms with Crippen LogP contribution in [0.5, 0.6) is 0 Å². The van der Waals surface area contributed by atoms with Gasteiger partial charge in [0, 0.05) is 6.20 Å². The Morgan fingerprint density at radius 3 is 2.70 bits per heavy atom. The molecule has 1 aliphatic rings. The van der Waals surface area contributed by atoms with Crippen molar-refractivity contribution in [2.75, 3.05) is 10.2 Å². The average Bonchev–Trinajstić information content (AvgIpc) is 2.56. The average molecular weight is 272 g/mol. The van der Waals surface area contributed by atoms with Gasteiger partial charge in [0.05, 0.1) is 22.6 Å². The minimum Gasteiger partial charge on any atom is -0.320 e. The molecule has 3 nitrogen and oxygen atoms in total. The second-order valence-corrected chi connectivity index (χ2v) is 4.28. The van der Waals surface area contributed by atoms with Crippen LogP contribution in [0.1, 0.15) is 10.4 Å². The standard InChI is InChI=1S/C15H10F2N2O/c16-7-8-19-13-6-5-10(17)9-11(13)15(20)18-12-3-1-2-4-14(12)19/h1-9H,(H,18,20)/b8-7-. The van der Waals surface area contributed by atoms with Crippen molar-refractivity contribution in [3.8, 4) is 0 Å². The number of nitrogens with zero attached hydrogens (tertiary/aromatic N) is 1. The van der Waals surface area contributed by atoms with Crippen molar-refractivity contribution < 1.29 is 13.6 Å². The molecule has 1 amide bonds. The van der Waals surface area contributed by atoms with Crippen LogP contribution in [0.4, 0.5) is 25.8 Å². The van der Waals surface area contributed by atoms with Crippen LogP contribution in [0.3, 0.4) is 0 Å². The Balaban J connectivity index is 2.28. The van der Waals surface area contributed by atoms with Crippen LogP contribution in [0.15, 0.2) is 55.0 Å².